The van der Waals surface area contributed by atoms with Gasteiger partial charge in [-0.15, -0.1) is 0 Å². The number of hydrogen-bond acceptors (Lipinski definition) is 6. The number of nitrogens with zero attached hydrogens (tertiary/aromatic N) is 5. The number of rotatable bonds is 7. The summed E-state index contributed by atoms with van der Waals surface area (Å²) >= 11 is 0. The van der Waals surface area contributed by atoms with Gasteiger partial charge in [0, 0.05) is 50.9 Å². The van der Waals surface area contributed by atoms with E-state index in [1.807, 2.05) is 37.2 Å². The maximum atomic E-state index is 15.0. The minimum absolute atomic E-state index is 0.290. The van der Waals surface area contributed by atoms with Gasteiger partial charge in [0.15, 0.2) is 0 Å². The minimum Gasteiger partial charge on any atom is -0.378 e. The van der Waals surface area contributed by atoms with Crippen LogP contribution in [-0.4, -0.2) is 71.6 Å². The van der Waals surface area contributed by atoms with Crippen molar-refractivity contribution in [2.45, 2.75) is 26.2 Å². The summed E-state index contributed by atoms with van der Waals surface area (Å²) in [6.07, 6.45) is 4.14. The third-order valence-electron chi connectivity index (χ3n) is 7.25. The Bertz CT molecular complexity index is 1250. The number of aryl methyl sites for hydroxylation is 2. The van der Waals surface area contributed by atoms with Gasteiger partial charge in [-0.3, -0.25) is 9.58 Å². The van der Waals surface area contributed by atoms with E-state index in [-0.39, 0.29) is 5.82 Å². The van der Waals surface area contributed by atoms with Gasteiger partial charge in [-0.05, 0) is 61.2 Å². The topological polar surface area (TPSA) is 58.5 Å². The monoisotopic (exact) mass is 514 g/mol. The lowest BCUT2D eigenvalue weighted by atomic mass is 9.98. The van der Waals surface area contributed by atoms with Gasteiger partial charge < -0.3 is 15.0 Å². The van der Waals surface area contributed by atoms with Crippen molar-refractivity contribution in [1.29, 1.82) is 0 Å². The van der Waals surface area contributed by atoms with E-state index in [2.05, 4.69) is 15.3 Å². The van der Waals surface area contributed by atoms with E-state index < -0.39 is 11.8 Å². The van der Waals surface area contributed by atoms with E-state index in [1.165, 1.54) is 6.07 Å². The predicted octanol–water partition coefficient (Wildman–Crippen LogP) is 4.78. The predicted molar refractivity (Wildman–Crippen MR) is 138 cm³/mol. The minimum atomic E-state index is -2.71. The van der Waals surface area contributed by atoms with Crippen molar-refractivity contribution in [3.05, 3.63) is 48.0 Å². The number of ether oxygens (including phenoxy) is 1. The normalized spacial score (nSPS) is 19.0. The first kappa shape index (κ1) is 25.5. The van der Waals surface area contributed by atoms with Gasteiger partial charge in [0.1, 0.15) is 11.6 Å². The largest absolute Gasteiger partial charge is 0.378 e. The molecule has 1 N–H and O–H groups in total. The van der Waals surface area contributed by atoms with E-state index in [4.69, 9.17) is 9.72 Å². The maximum Gasteiger partial charge on any atom is 0.249 e. The van der Waals surface area contributed by atoms with Gasteiger partial charge in [-0.2, -0.15) is 5.10 Å². The van der Waals surface area contributed by atoms with Crippen molar-refractivity contribution in [2.24, 2.45) is 13.0 Å². The highest BCUT2D eigenvalue weighted by molar-refractivity contribution is 5.78. The Kier molecular flexibility index (Phi) is 7.13. The van der Waals surface area contributed by atoms with Crippen LogP contribution < -0.4 is 10.2 Å². The summed E-state index contributed by atoms with van der Waals surface area (Å²) in [6.45, 7) is 6.77. The summed E-state index contributed by atoms with van der Waals surface area (Å²) in [5, 5.41) is 7.44. The van der Waals surface area contributed by atoms with Crippen LogP contribution in [0.5, 0.6) is 0 Å². The molecule has 7 nitrogen and oxygen atoms in total. The molecule has 2 aliphatic heterocycles. The Morgan fingerprint density at radius 1 is 1.11 bits per heavy atom. The molecule has 0 aliphatic carbocycles. The summed E-state index contributed by atoms with van der Waals surface area (Å²) < 4.78 is 49.6. The van der Waals surface area contributed by atoms with Crippen molar-refractivity contribution >= 4 is 11.5 Å². The van der Waals surface area contributed by atoms with Crippen molar-refractivity contribution in [3.63, 3.8) is 0 Å². The Hall–Kier alpha value is -3.11. The molecule has 3 aromatic rings. The number of halogens is 3. The summed E-state index contributed by atoms with van der Waals surface area (Å²) in [7, 11) is 1.86. The molecule has 0 amide bonds. The van der Waals surface area contributed by atoms with Crippen LogP contribution in [0.25, 0.3) is 22.4 Å². The van der Waals surface area contributed by atoms with Gasteiger partial charge >= 0.3 is 0 Å². The molecule has 0 spiro atoms. The van der Waals surface area contributed by atoms with E-state index in [1.54, 1.807) is 16.9 Å². The average molecular weight is 515 g/mol. The quantitative estimate of drug-likeness (QED) is 0.490. The summed E-state index contributed by atoms with van der Waals surface area (Å²) in [5.74, 6) is -2.91. The van der Waals surface area contributed by atoms with Crippen LogP contribution in [0.2, 0.25) is 0 Å². The van der Waals surface area contributed by atoms with Crippen LogP contribution in [0, 0.1) is 18.7 Å². The Morgan fingerprint density at radius 3 is 2.57 bits per heavy atom. The molecule has 37 heavy (non-hydrogen) atoms. The molecule has 198 valence electrons. The number of benzene rings is 1. The fourth-order valence-electron chi connectivity index (χ4n) is 5.03. The number of nitrogens with one attached hydrogen (secondary N) is 1. The standard InChI is InChI=1S/C27H33F3N6O/c1-18-10-23(28)25(31-17-35-5-4-21(16-35)27(2,29)30)13-22(18)19-11-24(20-14-32-34(3)15-20)33-26(12-19)36-6-8-37-9-7-36/h10-15,21,31H,4-9,16-17H2,1-3H3/t21-/m1/s1. The molecule has 10 heteroatoms. The Balaban J connectivity index is 1.45. The van der Waals surface area contributed by atoms with Gasteiger partial charge in [-0.25, -0.2) is 18.2 Å². The number of likely N-dealkylation sites (tertiary alicyclic amines) is 1. The third kappa shape index (κ3) is 5.75. The second kappa shape index (κ2) is 10.3. The van der Waals surface area contributed by atoms with Crippen LogP contribution in [0.1, 0.15) is 18.9 Å². The number of alkyl halides is 2. The lowest BCUT2D eigenvalue weighted by molar-refractivity contribution is -0.0349. The highest BCUT2D eigenvalue weighted by Gasteiger charge is 2.38. The van der Waals surface area contributed by atoms with Crippen LogP contribution in [0.3, 0.4) is 0 Å². The molecular formula is C27H33F3N6O. The number of aromatic nitrogens is 3. The van der Waals surface area contributed by atoms with Gasteiger partial charge in [-0.1, -0.05) is 0 Å². The van der Waals surface area contributed by atoms with E-state index in [9.17, 15) is 13.2 Å². The molecule has 0 bridgehead atoms. The molecule has 1 atom stereocenters. The molecule has 1 aromatic carbocycles. The molecule has 2 fully saturated rings. The average Bonchev–Trinajstić information content (AvgIpc) is 3.53. The van der Waals surface area contributed by atoms with Crippen molar-refractivity contribution in [2.75, 3.05) is 56.3 Å². The fourth-order valence-corrected chi connectivity index (χ4v) is 5.03. The smallest absolute Gasteiger partial charge is 0.249 e. The zero-order valence-electron chi connectivity index (χ0n) is 21.5. The van der Waals surface area contributed by atoms with Crippen LogP contribution in [0.15, 0.2) is 36.7 Å². The van der Waals surface area contributed by atoms with Crippen molar-refractivity contribution in [1.82, 2.24) is 19.7 Å². The fraction of sp³-hybridized carbons (Fsp3) is 0.481. The zero-order chi connectivity index (χ0) is 26.2. The maximum absolute atomic E-state index is 15.0. The zero-order valence-corrected chi connectivity index (χ0v) is 21.5. The molecule has 0 saturated carbocycles. The van der Waals surface area contributed by atoms with E-state index >= 15 is 0 Å². The van der Waals surface area contributed by atoms with Crippen LogP contribution in [-0.2, 0) is 11.8 Å². The number of anilines is 2. The molecular weight excluding hydrogens is 481 g/mol. The molecule has 2 aromatic heterocycles. The second-order valence-electron chi connectivity index (χ2n) is 10.1. The van der Waals surface area contributed by atoms with Crippen molar-refractivity contribution < 1.29 is 17.9 Å². The highest BCUT2D eigenvalue weighted by atomic mass is 19.3. The van der Waals surface area contributed by atoms with Crippen LogP contribution in [0.4, 0.5) is 24.7 Å². The first-order valence-corrected chi connectivity index (χ1v) is 12.7. The van der Waals surface area contributed by atoms with Gasteiger partial charge in [0.2, 0.25) is 5.92 Å². The van der Waals surface area contributed by atoms with Crippen molar-refractivity contribution in [3.8, 4) is 22.4 Å². The molecule has 0 unspecified atom stereocenters. The first-order chi connectivity index (χ1) is 17.7. The summed E-state index contributed by atoms with van der Waals surface area (Å²) in [4.78, 5) is 9.01. The summed E-state index contributed by atoms with van der Waals surface area (Å²) in [5.41, 5.74) is 4.63. The third-order valence-corrected chi connectivity index (χ3v) is 7.25. The lowest BCUT2D eigenvalue weighted by Gasteiger charge is -2.28. The van der Waals surface area contributed by atoms with E-state index in [0.717, 1.165) is 53.8 Å². The second-order valence-corrected chi connectivity index (χ2v) is 10.1. The molecule has 4 heterocycles. The number of hydrogen-bond donors (Lipinski definition) is 1. The molecule has 0 radical (unpaired) electrons. The highest BCUT2D eigenvalue weighted by Crippen LogP contribution is 2.35. The lowest BCUT2D eigenvalue weighted by Crippen LogP contribution is -2.36. The number of morpholine rings is 1. The Labute approximate surface area is 215 Å². The van der Waals surface area contributed by atoms with Gasteiger partial charge in [0.25, 0.3) is 0 Å². The SMILES string of the molecule is Cc1cc(F)c(NCN2CC[C@@H](C(C)(F)F)C2)cc1-c1cc(-c2cnn(C)c2)nc(N2CCOCC2)c1. The number of pyridine rings is 1. The van der Waals surface area contributed by atoms with Crippen LogP contribution >= 0.6 is 0 Å². The molecule has 2 saturated heterocycles. The first-order valence-electron chi connectivity index (χ1n) is 12.7. The van der Waals surface area contributed by atoms with Gasteiger partial charge in [0.05, 0.1) is 37.5 Å². The van der Waals surface area contributed by atoms with E-state index in [0.29, 0.717) is 45.1 Å². The Morgan fingerprint density at radius 2 is 1.89 bits per heavy atom. The molecule has 5 rings (SSSR count). The molecule has 2 aliphatic rings. The summed E-state index contributed by atoms with van der Waals surface area (Å²) in [6, 6.07) is 7.35.